The number of hydrogen-bond donors (Lipinski definition) is 0. The molecule has 2 saturated heterocycles. The van der Waals surface area contributed by atoms with Gasteiger partial charge < -0.3 is 14.2 Å². The van der Waals surface area contributed by atoms with Gasteiger partial charge in [-0.1, -0.05) is 0 Å². The Labute approximate surface area is 64.4 Å². The number of hydrogen-bond acceptors (Lipinski definition) is 4. The van der Waals surface area contributed by atoms with E-state index in [1.165, 1.54) is 0 Å². The zero-order valence-electron chi connectivity index (χ0n) is 6.12. The molecule has 1 atom stereocenters. The maximum absolute atomic E-state index is 10.4. The van der Waals surface area contributed by atoms with Crippen molar-refractivity contribution in [3.8, 4) is 0 Å². The summed E-state index contributed by atoms with van der Waals surface area (Å²) >= 11 is 0. The first-order valence-electron chi connectivity index (χ1n) is 3.77. The molecule has 1 unspecified atom stereocenters. The summed E-state index contributed by atoms with van der Waals surface area (Å²) in [6, 6.07) is 0. The normalized spacial score (nSPS) is 31.6. The highest BCUT2D eigenvalue weighted by Crippen LogP contribution is 2.21. The maximum Gasteiger partial charge on any atom is 0.309 e. The van der Waals surface area contributed by atoms with Gasteiger partial charge in [-0.05, 0) is 0 Å². The van der Waals surface area contributed by atoms with E-state index in [2.05, 4.69) is 0 Å². The molecule has 0 spiro atoms. The summed E-state index contributed by atoms with van der Waals surface area (Å²) in [4.78, 5) is 10.4. The van der Waals surface area contributed by atoms with Crippen LogP contribution in [0.1, 0.15) is 12.8 Å². The van der Waals surface area contributed by atoms with Crippen molar-refractivity contribution in [2.24, 2.45) is 0 Å². The average Bonchev–Trinajstić information content (AvgIpc) is 2.36. The molecule has 2 aliphatic rings. The van der Waals surface area contributed by atoms with Gasteiger partial charge in [-0.3, -0.25) is 4.79 Å². The largest absolute Gasteiger partial charge is 0.461 e. The quantitative estimate of drug-likeness (QED) is 0.533. The fourth-order valence-corrected chi connectivity index (χ4v) is 1.25. The highest BCUT2D eigenvalue weighted by molar-refractivity contribution is 5.75. The molecule has 2 heterocycles. The molecule has 4 nitrogen and oxygen atoms in total. The van der Waals surface area contributed by atoms with Crippen LogP contribution in [0.25, 0.3) is 0 Å². The molecule has 0 aromatic carbocycles. The van der Waals surface area contributed by atoms with E-state index < -0.39 is 0 Å². The van der Waals surface area contributed by atoms with Crippen molar-refractivity contribution < 1.29 is 19.0 Å². The summed E-state index contributed by atoms with van der Waals surface area (Å²) in [5, 5.41) is 0. The van der Waals surface area contributed by atoms with Crippen molar-refractivity contribution in [1.29, 1.82) is 0 Å². The van der Waals surface area contributed by atoms with E-state index in [0.29, 0.717) is 26.1 Å². The molecule has 0 bridgehead atoms. The number of rotatable bonds is 2. The highest BCUT2D eigenvalue weighted by atomic mass is 16.7. The Bertz CT molecular complexity index is 154. The Balaban J connectivity index is 1.69. The van der Waals surface area contributed by atoms with Crippen LogP contribution in [-0.4, -0.2) is 31.6 Å². The summed E-state index contributed by atoms with van der Waals surface area (Å²) in [6.45, 7) is 1.32. The van der Waals surface area contributed by atoms with Crippen LogP contribution in [0, 0.1) is 0 Å². The molecule has 0 aromatic rings. The van der Waals surface area contributed by atoms with Crippen molar-refractivity contribution >= 4 is 5.97 Å². The van der Waals surface area contributed by atoms with Crippen LogP contribution >= 0.6 is 0 Å². The lowest BCUT2D eigenvalue weighted by Gasteiger charge is -2.26. The van der Waals surface area contributed by atoms with E-state index in [1.54, 1.807) is 0 Å². The average molecular weight is 158 g/mol. The number of carbonyl (C=O) groups is 1. The van der Waals surface area contributed by atoms with Gasteiger partial charge in [0.25, 0.3) is 0 Å². The third-order valence-electron chi connectivity index (χ3n) is 1.84. The van der Waals surface area contributed by atoms with E-state index in [0.717, 1.165) is 0 Å². The zero-order valence-corrected chi connectivity index (χ0v) is 6.12. The monoisotopic (exact) mass is 158 g/mol. The first kappa shape index (κ1) is 7.06. The van der Waals surface area contributed by atoms with Gasteiger partial charge >= 0.3 is 5.97 Å². The van der Waals surface area contributed by atoms with Crippen LogP contribution < -0.4 is 0 Å². The van der Waals surface area contributed by atoms with Gasteiger partial charge in [-0.25, -0.2) is 0 Å². The minimum Gasteiger partial charge on any atom is -0.461 e. The van der Waals surface area contributed by atoms with Gasteiger partial charge in [0.05, 0.1) is 19.6 Å². The molecule has 2 aliphatic heterocycles. The lowest BCUT2D eigenvalue weighted by Crippen LogP contribution is -2.35. The van der Waals surface area contributed by atoms with Crippen LogP contribution in [-0.2, 0) is 19.0 Å². The number of cyclic esters (lactones) is 1. The molecule has 0 aromatic heterocycles. The second kappa shape index (κ2) is 2.79. The predicted octanol–water partition coefficient (Wildman–Crippen LogP) is 0.0649. The van der Waals surface area contributed by atoms with Crippen molar-refractivity contribution in [3.05, 3.63) is 0 Å². The van der Waals surface area contributed by atoms with Gasteiger partial charge in [0, 0.05) is 6.42 Å². The second-order valence-electron chi connectivity index (χ2n) is 2.72. The Morgan fingerprint density at radius 3 is 2.55 bits per heavy atom. The number of ether oxygens (including phenoxy) is 3. The number of carbonyl (C=O) groups excluding carboxylic acids is 1. The van der Waals surface area contributed by atoms with Crippen molar-refractivity contribution in [3.63, 3.8) is 0 Å². The molecule has 4 heteroatoms. The maximum atomic E-state index is 10.4. The Kier molecular flexibility index (Phi) is 1.79. The Morgan fingerprint density at radius 1 is 1.36 bits per heavy atom. The zero-order chi connectivity index (χ0) is 7.68. The van der Waals surface area contributed by atoms with Gasteiger partial charge in [0.2, 0.25) is 0 Å². The standard InChI is InChI=1S/C7H10O4/c8-6-3-5(11-6)4-7-9-1-2-10-7/h5,7H,1-4H2. The smallest absolute Gasteiger partial charge is 0.309 e. The van der Waals surface area contributed by atoms with E-state index in [1.807, 2.05) is 0 Å². The molecular formula is C7H10O4. The van der Waals surface area contributed by atoms with Gasteiger partial charge in [0.1, 0.15) is 6.10 Å². The molecule has 0 saturated carbocycles. The van der Waals surface area contributed by atoms with E-state index >= 15 is 0 Å². The van der Waals surface area contributed by atoms with Crippen LogP contribution in [0.4, 0.5) is 0 Å². The summed E-state index contributed by atoms with van der Waals surface area (Å²) in [7, 11) is 0. The molecule has 0 aliphatic carbocycles. The SMILES string of the molecule is O=C1CC(CC2OCCO2)O1. The van der Waals surface area contributed by atoms with Gasteiger partial charge in [0.15, 0.2) is 6.29 Å². The Hall–Kier alpha value is -0.610. The summed E-state index contributed by atoms with van der Waals surface area (Å²) in [5.41, 5.74) is 0. The highest BCUT2D eigenvalue weighted by Gasteiger charge is 2.32. The Morgan fingerprint density at radius 2 is 2.00 bits per heavy atom. The molecule has 11 heavy (non-hydrogen) atoms. The predicted molar refractivity (Wildman–Crippen MR) is 34.8 cm³/mol. The molecular weight excluding hydrogens is 148 g/mol. The summed E-state index contributed by atoms with van der Waals surface area (Å²) in [5.74, 6) is -0.118. The third kappa shape index (κ3) is 1.52. The van der Waals surface area contributed by atoms with E-state index in [4.69, 9.17) is 14.2 Å². The number of esters is 1. The van der Waals surface area contributed by atoms with Crippen LogP contribution in [0.15, 0.2) is 0 Å². The van der Waals surface area contributed by atoms with Crippen molar-refractivity contribution in [2.75, 3.05) is 13.2 Å². The van der Waals surface area contributed by atoms with Crippen molar-refractivity contribution in [1.82, 2.24) is 0 Å². The fourth-order valence-electron chi connectivity index (χ4n) is 1.25. The molecule has 62 valence electrons. The topological polar surface area (TPSA) is 44.8 Å². The summed E-state index contributed by atoms with van der Waals surface area (Å²) < 4.78 is 15.2. The van der Waals surface area contributed by atoms with Crippen LogP contribution in [0.2, 0.25) is 0 Å². The van der Waals surface area contributed by atoms with Gasteiger partial charge in [-0.15, -0.1) is 0 Å². The fraction of sp³-hybridized carbons (Fsp3) is 0.857. The lowest BCUT2D eigenvalue weighted by atomic mass is 10.1. The molecule has 0 N–H and O–H groups in total. The lowest BCUT2D eigenvalue weighted by molar-refractivity contribution is -0.177. The minimum absolute atomic E-state index is 0.0330. The minimum atomic E-state index is -0.145. The first-order chi connectivity index (χ1) is 5.34. The summed E-state index contributed by atoms with van der Waals surface area (Å²) in [6.07, 6.45) is 1.09. The van der Waals surface area contributed by atoms with E-state index in [-0.39, 0.29) is 18.4 Å². The molecule has 2 rings (SSSR count). The molecule has 0 radical (unpaired) electrons. The third-order valence-corrected chi connectivity index (χ3v) is 1.84. The molecule has 0 amide bonds. The second-order valence-corrected chi connectivity index (χ2v) is 2.72. The molecule has 2 fully saturated rings. The van der Waals surface area contributed by atoms with Crippen LogP contribution in [0.5, 0.6) is 0 Å². The first-order valence-corrected chi connectivity index (χ1v) is 3.77. The van der Waals surface area contributed by atoms with Gasteiger partial charge in [-0.2, -0.15) is 0 Å². The van der Waals surface area contributed by atoms with Crippen LogP contribution in [0.3, 0.4) is 0 Å². The van der Waals surface area contributed by atoms with Crippen molar-refractivity contribution in [2.45, 2.75) is 25.2 Å². The van der Waals surface area contributed by atoms with E-state index in [9.17, 15) is 4.79 Å².